The molecule has 1 aromatic carbocycles. The van der Waals surface area contributed by atoms with Crippen LogP contribution in [0.4, 0.5) is 4.79 Å². The third-order valence-electron chi connectivity index (χ3n) is 2.89. The Labute approximate surface area is 117 Å². The summed E-state index contributed by atoms with van der Waals surface area (Å²) in [6, 6.07) is 9.39. The highest BCUT2D eigenvalue weighted by Crippen LogP contribution is 2.12. The average Bonchev–Trinajstić information content (AvgIpc) is 2.46. The van der Waals surface area contributed by atoms with Gasteiger partial charge in [0.2, 0.25) is 5.91 Å². The maximum absolute atomic E-state index is 12.0. The van der Waals surface area contributed by atoms with Crippen molar-refractivity contribution in [3.05, 3.63) is 35.9 Å². The molecule has 0 bridgehead atoms. The molecule has 0 saturated carbocycles. The molecular formula is C14H18N2O4. The van der Waals surface area contributed by atoms with Gasteiger partial charge < -0.3 is 10.1 Å². The Morgan fingerprint density at radius 3 is 2.90 bits per heavy atom. The fraction of sp³-hybridized carbons (Fsp3) is 0.429. The lowest BCUT2D eigenvalue weighted by molar-refractivity contribution is -0.198. The molecule has 1 atom stereocenters. The number of nitrogens with zero attached hydrogens (tertiary/aromatic N) is 1. The predicted octanol–water partition coefficient (Wildman–Crippen LogP) is 1.81. The second-order valence-electron chi connectivity index (χ2n) is 4.51. The maximum Gasteiger partial charge on any atom is 0.436 e. The van der Waals surface area contributed by atoms with Crippen LogP contribution in [0.5, 0.6) is 0 Å². The molecule has 1 aliphatic heterocycles. The smallest absolute Gasteiger partial charge is 0.436 e. The van der Waals surface area contributed by atoms with Crippen molar-refractivity contribution in [1.82, 2.24) is 10.4 Å². The van der Waals surface area contributed by atoms with Gasteiger partial charge >= 0.3 is 6.09 Å². The second-order valence-corrected chi connectivity index (χ2v) is 4.51. The summed E-state index contributed by atoms with van der Waals surface area (Å²) < 4.78 is 5.19. The van der Waals surface area contributed by atoms with Gasteiger partial charge in [-0.25, -0.2) is 4.79 Å². The van der Waals surface area contributed by atoms with Crippen molar-refractivity contribution in [3.8, 4) is 0 Å². The number of rotatable bonds is 4. The van der Waals surface area contributed by atoms with Gasteiger partial charge in [0.1, 0.15) is 12.8 Å². The SMILES string of the molecule is CCCC1NC(=O)CON1C(=O)OCc1ccccc1. The number of carbonyl (C=O) groups is 2. The van der Waals surface area contributed by atoms with Crippen molar-refractivity contribution in [2.24, 2.45) is 0 Å². The summed E-state index contributed by atoms with van der Waals surface area (Å²) in [4.78, 5) is 28.4. The molecule has 0 spiro atoms. The lowest BCUT2D eigenvalue weighted by atomic mass is 10.2. The minimum absolute atomic E-state index is 0.166. The first-order chi connectivity index (χ1) is 9.70. The van der Waals surface area contributed by atoms with Crippen molar-refractivity contribution in [2.45, 2.75) is 32.5 Å². The van der Waals surface area contributed by atoms with E-state index in [1.807, 2.05) is 37.3 Å². The van der Waals surface area contributed by atoms with Gasteiger partial charge in [0.25, 0.3) is 0 Å². The Balaban J connectivity index is 1.91. The molecule has 0 aromatic heterocycles. The van der Waals surface area contributed by atoms with E-state index >= 15 is 0 Å². The topological polar surface area (TPSA) is 67.9 Å². The molecule has 0 radical (unpaired) electrons. The Morgan fingerprint density at radius 1 is 1.45 bits per heavy atom. The van der Waals surface area contributed by atoms with Gasteiger partial charge in [0, 0.05) is 0 Å². The third kappa shape index (κ3) is 3.71. The van der Waals surface area contributed by atoms with Crippen LogP contribution in [0.2, 0.25) is 0 Å². The highest BCUT2D eigenvalue weighted by atomic mass is 16.7. The van der Waals surface area contributed by atoms with Crippen LogP contribution in [0.3, 0.4) is 0 Å². The highest BCUT2D eigenvalue weighted by Gasteiger charge is 2.31. The van der Waals surface area contributed by atoms with Gasteiger partial charge in [-0.15, -0.1) is 0 Å². The van der Waals surface area contributed by atoms with Gasteiger partial charge in [0.15, 0.2) is 6.61 Å². The van der Waals surface area contributed by atoms with Crippen molar-refractivity contribution in [3.63, 3.8) is 0 Å². The van der Waals surface area contributed by atoms with E-state index in [0.29, 0.717) is 6.42 Å². The van der Waals surface area contributed by atoms with Gasteiger partial charge in [-0.05, 0) is 12.0 Å². The van der Waals surface area contributed by atoms with Gasteiger partial charge in [-0.2, -0.15) is 5.06 Å². The van der Waals surface area contributed by atoms with Crippen molar-refractivity contribution < 1.29 is 19.2 Å². The van der Waals surface area contributed by atoms with Crippen LogP contribution >= 0.6 is 0 Å². The third-order valence-corrected chi connectivity index (χ3v) is 2.89. The molecular weight excluding hydrogens is 260 g/mol. The van der Waals surface area contributed by atoms with E-state index in [1.54, 1.807) is 0 Å². The summed E-state index contributed by atoms with van der Waals surface area (Å²) in [5, 5.41) is 3.81. The quantitative estimate of drug-likeness (QED) is 0.912. The van der Waals surface area contributed by atoms with E-state index in [2.05, 4.69) is 5.32 Å². The zero-order valence-corrected chi connectivity index (χ0v) is 11.4. The first kappa shape index (κ1) is 14.3. The van der Waals surface area contributed by atoms with Crippen molar-refractivity contribution >= 4 is 12.0 Å². The van der Waals surface area contributed by atoms with Gasteiger partial charge in [-0.1, -0.05) is 43.7 Å². The molecule has 0 aliphatic carbocycles. The molecule has 2 rings (SSSR count). The van der Waals surface area contributed by atoms with Crippen LogP contribution in [0, 0.1) is 0 Å². The summed E-state index contributed by atoms with van der Waals surface area (Å²) in [5.41, 5.74) is 0.897. The minimum Gasteiger partial charge on any atom is -0.443 e. The molecule has 108 valence electrons. The van der Waals surface area contributed by atoms with Crippen LogP contribution in [-0.2, 0) is 21.0 Å². The molecule has 1 saturated heterocycles. The molecule has 1 aliphatic rings. The second kappa shape index (κ2) is 6.91. The molecule has 1 aromatic rings. The standard InChI is InChI=1S/C14H18N2O4/c1-2-6-12-15-13(17)10-20-16(12)14(18)19-9-11-7-4-3-5-8-11/h3-5,7-8,12H,2,6,9-10H2,1H3,(H,15,17). The first-order valence-corrected chi connectivity index (χ1v) is 6.63. The molecule has 20 heavy (non-hydrogen) atoms. The molecule has 6 heteroatoms. The lowest BCUT2D eigenvalue weighted by Gasteiger charge is -2.33. The number of hydrogen-bond acceptors (Lipinski definition) is 4. The van der Waals surface area contributed by atoms with Crippen molar-refractivity contribution in [2.75, 3.05) is 6.61 Å². The van der Waals surface area contributed by atoms with Crippen LogP contribution in [0.15, 0.2) is 30.3 Å². The number of hydroxylamine groups is 2. The molecule has 1 heterocycles. The summed E-state index contributed by atoms with van der Waals surface area (Å²) in [6.07, 6.45) is 0.375. The maximum atomic E-state index is 12.0. The number of carbonyl (C=O) groups excluding carboxylic acids is 2. The Bertz CT molecular complexity index is 464. The molecule has 6 nitrogen and oxygen atoms in total. The summed E-state index contributed by atoms with van der Waals surface area (Å²) in [5.74, 6) is -0.226. The largest absolute Gasteiger partial charge is 0.443 e. The number of benzene rings is 1. The van der Waals surface area contributed by atoms with E-state index in [0.717, 1.165) is 17.0 Å². The van der Waals surface area contributed by atoms with Gasteiger partial charge in [0.05, 0.1) is 0 Å². The number of amides is 2. The van der Waals surface area contributed by atoms with Crippen LogP contribution < -0.4 is 5.32 Å². The highest BCUT2D eigenvalue weighted by molar-refractivity contribution is 5.79. The van der Waals surface area contributed by atoms with Crippen LogP contribution in [0.1, 0.15) is 25.3 Å². The van der Waals surface area contributed by atoms with E-state index in [9.17, 15) is 9.59 Å². The fourth-order valence-corrected chi connectivity index (χ4v) is 1.93. The molecule has 1 N–H and O–H groups in total. The number of ether oxygens (including phenoxy) is 1. The van der Waals surface area contributed by atoms with Crippen molar-refractivity contribution in [1.29, 1.82) is 0 Å². The monoisotopic (exact) mass is 278 g/mol. The summed E-state index contributed by atoms with van der Waals surface area (Å²) >= 11 is 0. The van der Waals surface area contributed by atoms with E-state index < -0.39 is 12.3 Å². The van der Waals surface area contributed by atoms with E-state index in [-0.39, 0.29) is 19.1 Å². The molecule has 2 amide bonds. The summed E-state index contributed by atoms with van der Waals surface area (Å²) in [6.45, 7) is 1.97. The summed E-state index contributed by atoms with van der Waals surface area (Å²) in [7, 11) is 0. The predicted molar refractivity (Wildman–Crippen MR) is 71.3 cm³/mol. The fourth-order valence-electron chi connectivity index (χ4n) is 1.93. The number of nitrogens with one attached hydrogen (secondary N) is 1. The van der Waals surface area contributed by atoms with Gasteiger partial charge in [-0.3, -0.25) is 9.63 Å². The normalized spacial score (nSPS) is 18.6. The Kier molecular flexibility index (Phi) is 4.95. The Morgan fingerprint density at radius 2 is 2.20 bits per heavy atom. The molecule has 1 unspecified atom stereocenters. The van der Waals surface area contributed by atoms with Crippen LogP contribution in [-0.4, -0.2) is 29.8 Å². The molecule has 1 fully saturated rings. The number of hydrogen-bond donors (Lipinski definition) is 1. The average molecular weight is 278 g/mol. The zero-order valence-electron chi connectivity index (χ0n) is 11.4. The van der Waals surface area contributed by atoms with Crippen LogP contribution in [0.25, 0.3) is 0 Å². The van der Waals surface area contributed by atoms with E-state index in [4.69, 9.17) is 9.57 Å². The lowest BCUT2D eigenvalue weighted by Crippen LogP contribution is -2.56. The van der Waals surface area contributed by atoms with E-state index in [1.165, 1.54) is 0 Å². The Hall–Kier alpha value is -2.08. The zero-order chi connectivity index (χ0) is 14.4. The minimum atomic E-state index is -0.590. The first-order valence-electron chi connectivity index (χ1n) is 6.63.